The van der Waals surface area contributed by atoms with Gasteiger partial charge in [0.2, 0.25) is 5.78 Å². The Morgan fingerprint density at radius 1 is 1.53 bits per heavy atom. The zero-order chi connectivity index (χ0) is 11.0. The summed E-state index contributed by atoms with van der Waals surface area (Å²) in [6, 6.07) is 1.01. The molecule has 15 heavy (non-hydrogen) atoms. The van der Waals surface area contributed by atoms with E-state index in [1.54, 1.807) is 17.0 Å². The van der Waals surface area contributed by atoms with E-state index in [1.165, 1.54) is 4.40 Å². The van der Waals surface area contributed by atoms with E-state index < -0.39 is 5.97 Å². The highest BCUT2D eigenvalue weighted by molar-refractivity contribution is 5.85. The molecule has 0 radical (unpaired) electrons. The van der Waals surface area contributed by atoms with Crippen molar-refractivity contribution in [3.63, 3.8) is 0 Å². The molecule has 0 aliphatic carbocycles. The summed E-state index contributed by atoms with van der Waals surface area (Å²) in [7, 11) is 0. The Bertz CT molecular complexity index is 582. The Kier molecular flexibility index (Phi) is 2.03. The molecule has 0 aliphatic rings. The Hall–Kier alpha value is -2.11. The standard InChI is InChI=1S/C9H9N3O3/c1-2-11-3-4-12-7(13)5-6(8(14)15)10-9(11)12/h3-5H,2H2,1H3,(H,14,15). The monoisotopic (exact) mass is 207 g/mol. The molecule has 0 aromatic carbocycles. The minimum atomic E-state index is -1.20. The molecule has 0 unspecified atom stereocenters. The maximum atomic E-state index is 11.5. The summed E-state index contributed by atoms with van der Waals surface area (Å²) in [5.74, 6) is -0.846. The first-order chi connectivity index (χ1) is 7.13. The van der Waals surface area contributed by atoms with Crippen molar-refractivity contribution in [1.82, 2.24) is 14.0 Å². The van der Waals surface area contributed by atoms with Crippen LogP contribution in [0, 0.1) is 0 Å². The van der Waals surface area contributed by atoms with Gasteiger partial charge in [-0.05, 0) is 6.92 Å². The first-order valence-corrected chi connectivity index (χ1v) is 4.45. The molecule has 2 rings (SSSR count). The summed E-state index contributed by atoms with van der Waals surface area (Å²) in [5, 5.41) is 8.75. The number of carbonyl (C=O) groups is 1. The summed E-state index contributed by atoms with van der Waals surface area (Å²) in [6.45, 7) is 2.52. The highest BCUT2D eigenvalue weighted by Gasteiger charge is 2.10. The maximum absolute atomic E-state index is 11.5. The zero-order valence-electron chi connectivity index (χ0n) is 8.04. The molecule has 78 valence electrons. The third-order valence-electron chi connectivity index (χ3n) is 2.15. The van der Waals surface area contributed by atoms with Crippen LogP contribution in [0.25, 0.3) is 5.78 Å². The maximum Gasteiger partial charge on any atom is 0.354 e. The number of hydrogen-bond acceptors (Lipinski definition) is 3. The van der Waals surface area contributed by atoms with Gasteiger partial charge in [0.25, 0.3) is 5.56 Å². The average Bonchev–Trinajstić information content (AvgIpc) is 2.60. The van der Waals surface area contributed by atoms with Crippen LogP contribution in [0.2, 0.25) is 0 Å². The van der Waals surface area contributed by atoms with Crippen LogP contribution in [0.5, 0.6) is 0 Å². The Balaban J connectivity index is 2.83. The summed E-state index contributed by atoms with van der Waals surface area (Å²) in [5.41, 5.74) is -0.613. The summed E-state index contributed by atoms with van der Waals surface area (Å²) < 4.78 is 3.02. The molecule has 0 spiro atoms. The fourth-order valence-electron chi connectivity index (χ4n) is 1.39. The van der Waals surface area contributed by atoms with Crippen molar-refractivity contribution < 1.29 is 9.90 Å². The number of aryl methyl sites for hydroxylation is 1. The first kappa shape index (κ1) is 9.45. The van der Waals surface area contributed by atoms with Gasteiger partial charge in [0.05, 0.1) is 0 Å². The van der Waals surface area contributed by atoms with Gasteiger partial charge in [0, 0.05) is 25.0 Å². The first-order valence-electron chi connectivity index (χ1n) is 4.45. The van der Waals surface area contributed by atoms with Gasteiger partial charge in [-0.15, -0.1) is 0 Å². The van der Waals surface area contributed by atoms with E-state index in [0.29, 0.717) is 12.3 Å². The third kappa shape index (κ3) is 1.39. The molecule has 6 nitrogen and oxygen atoms in total. The molecule has 1 N–H and O–H groups in total. The van der Waals surface area contributed by atoms with Crippen molar-refractivity contribution in [3.05, 3.63) is 34.5 Å². The van der Waals surface area contributed by atoms with Crippen LogP contribution in [0.3, 0.4) is 0 Å². The molecule has 0 aliphatic heterocycles. The number of rotatable bonds is 2. The van der Waals surface area contributed by atoms with Crippen molar-refractivity contribution >= 4 is 11.7 Å². The molecule has 2 aromatic rings. The summed E-state index contributed by atoms with van der Waals surface area (Å²) >= 11 is 0. The molecule has 0 amide bonds. The quantitative estimate of drug-likeness (QED) is 0.763. The molecule has 2 heterocycles. The number of nitrogens with zero attached hydrogens (tertiary/aromatic N) is 3. The number of carboxylic acids is 1. The van der Waals surface area contributed by atoms with E-state index in [2.05, 4.69) is 4.98 Å². The Labute approximate surface area is 84.4 Å². The minimum absolute atomic E-state index is 0.228. The van der Waals surface area contributed by atoms with E-state index in [9.17, 15) is 9.59 Å². The summed E-state index contributed by atoms with van der Waals surface area (Å²) in [6.07, 6.45) is 3.26. The van der Waals surface area contributed by atoms with Crippen molar-refractivity contribution in [1.29, 1.82) is 0 Å². The van der Waals surface area contributed by atoms with Crippen molar-refractivity contribution in [2.75, 3.05) is 0 Å². The van der Waals surface area contributed by atoms with Crippen LogP contribution in [-0.2, 0) is 6.54 Å². The normalized spacial score (nSPS) is 10.7. The SMILES string of the molecule is CCn1ccn2c(=O)cc(C(=O)O)nc12. The molecule has 6 heteroatoms. The van der Waals surface area contributed by atoms with Crippen LogP contribution in [-0.4, -0.2) is 25.0 Å². The van der Waals surface area contributed by atoms with Crippen LogP contribution >= 0.6 is 0 Å². The van der Waals surface area contributed by atoms with E-state index >= 15 is 0 Å². The second-order valence-electron chi connectivity index (χ2n) is 3.04. The van der Waals surface area contributed by atoms with Crippen LogP contribution in [0.15, 0.2) is 23.3 Å². The minimum Gasteiger partial charge on any atom is -0.477 e. The predicted molar refractivity (Wildman–Crippen MR) is 52.1 cm³/mol. The molecular weight excluding hydrogens is 198 g/mol. The molecule has 0 fully saturated rings. The van der Waals surface area contributed by atoms with E-state index in [1.807, 2.05) is 6.92 Å². The summed E-state index contributed by atoms with van der Waals surface area (Å²) in [4.78, 5) is 26.1. The lowest BCUT2D eigenvalue weighted by Crippen LogP contribution is -2.17. The van der Waals surface area contributed by atoms with Crippen molar-refractivity contribution in [2.45, 2.75) is 13.5 Å². The highest BCUT2D eigenvalue weighted by Crippen LogP contribution is 2.01. The number of imidazole rings is 1. The van der Waals surface area contributed by atoms with Crippen LogP contribution in [0.4, 0.5) is 0 Å². The van der Waals surface area contributed by atoms with E-state index in [0.717, 1.165) is 6.07 Å². The molecular formula is C9H9N3O3. The molecule has 2 aromatic heterocycles. The van der Waals surface area contributed by atoms with Gasteiger partial charge in [0.1, 0.15) is 0 Å². The van der Waals surface area contributed by atoms with Crippen LogP contribution < -0.4 is 5.56 Å². The van der Waals surface area contributed by atoms with Gasteiger partial charge in [-0.1, -0.05) is 0 Å². The van der Waals surface area contributed by atoms with E-state index in [4.69, 9.17) is 5.11 Å². The zero-order valence-corrected chi connectivity index (χ0v) is 8.04. The molecule has 0 saturated carbocycles. The molecule has 0 saturated heterocycles. The van der Waals surface area contributed by atoms with Crippen molar-refractivity contribution in [3.8, 4) is 0 Å². The highest BCUT2D eigenvalue weighted by atomic mass is 16.4. The lowest BCUT2D eigenvalue weighted by molar-refractivity contribution is 0.0690. The number of fused-ring (bicyclic) bond motifs is 1. The topological polar surface area (TPSA) is 76.6 Å². The number of aromatic carboxylic acids is 1. The molecule has 0 atom stereocenters. The second kappa shape index (κ2) is 3.23. The Morgan fingerprint density at radius 2 is 2.27 bits per heavy atom. The Morgan fingerprint density at radius 3 is 2.87 bits per heavy atom. The average molecular weight is 207 g/mol. The number of hydrogen-bond donors (Lipinski definition) is 1. The van der Waals surface area contributed by atoms with Gasteiger partial charge < -0.3 is 9.67 Å². The van der Waals surface area contributed by atoms with Gasteiger partial charge in [-0.25, -0.2) is 9.78 Å². The third-order valence-corrected chi connectivity index (χ3v) is 2.15. The smallest absolute Gasteiger partial charge is 0.354 e. The van der Waals surface area contributed by atoms with Crippen LogP contribution in [0.1, 0.15) is 17.4 Å². The number of aromatic nitrogens is 3. The fraction of sp³-hybridized carbons (Fsp3) is 0.222. The second-order valence-corrected chi connectivity index (χ2v) is 3.04. The number of carboxylic acid groups (broad SMARTS) is 1. The lowest BCUT2D eigenvalue weighted by Gasteiger charge is -2.00. The van der Waals surface area contributed by atoms with Gasteiger partial charge >= 0.3 is 5.97 Å². The van der Waals surface area contributed by atoms with Crippen molar-refractivity contribution in [2.24, 2.45) is 0 Å². The predicted octanol–water partition coefficient (Wildman–Crippen LogP) is 0.214. The van der Waals surface area contributed by atoms with Gasteiger partial charge in [-0.3, -0.25) is 9.20 Å². The van der Waals surface area contributed by atoms with Gasteiger partial charge in [0.15, 0.2) is 5.69 Å². The largest absolute Gasteiger partial charge is 0.477 e. The fourth-order valence-corrected chi connectivity index (χ4v) is 1.39. The van der Waals surface area contributed by atoms with Gasteiger partial charge in [-0.2, -0.15) is 0 Å². The molecule has 0 bridgehead atoms. The van der Waals surface area contributed by atoms with E-state index in [-0.39, 0.29) is 11.3 Å². The lowest BCUT2D eigenvalue weighted by atomic mass is 10.4.